The Balaban J connectivity index is 1.84. The van der Waals surface area contributed by atoms with Crippen LogP contribution in [0, 0.1) is 0 Å². The predicted molar refractivity (Wildman–Crippen MR) is 70.8 cm³/mol. The molecule has 2 heteroatoms. The van der Waals surface area contributed by atoms with Crippen LogP contribution in [-0.4, -0.2) is 6.04 Å². The molecule has 0 radical (unpaired) electrons. The average molecular weight is 226 g/mol. The lowest BCUT2D eigenvalue weighted by atomic mass is 9.94. The third kappa shape index (κ3) is 1.40. The van der Waals surface area contributed by atoms with Gasteiger partial charge < -0.3 is 11.1 Å². The number of hydrogen-bond acceptors (Lipinski definition) is 2. The topological polar surface area (TPSA) is 38.0 Å². The van der Waals surface area contributed by atoms with Gasteiger partial charge in [0, 0.05) is 23.0 Å². The Morgan fingerprint density at radius 2 is 2.06 bits per heavy atom. The lowest BCUT2D eigenvalue weighted by Gasteiger charge is -2.27. The van der Waals surface area contributed by atoms with Crippen LogP contribution < -0.4 is 11.1 Å². The third-order valence-corrected chi connectivity index (χ3v) is 4.42. The zero-order valence-corrected chi connectivity index (χ0v) is 10.00. The van der Waals surface area contributed by atoms with Crippen molar-refractivity contribution in [1.29, 1.82) is 0 Å². The first-order valence-corrected chi connectivity index (χ1v) is 6.72. The van der Waals surface area contributed by atoms with Crippen LogP contribution in [0.5, 0.6) is 0 Å². The van der Waals surface area contributed by atoms with Gasteiger partial charge in [0.1, 0.15) is 0 Å². The molecule has 0 amide bonds. The van der Waals surface area contributed by atoms with Gasteiger partial charge in [0.05, 0.1) is 0 Å². The SMILES string of the molecule is NC1=C2CCCC2Nc2ccc(C3CC3)cc21. The van der Waals surface area contributed by atoms with E-state index < -0.39 is 0 Å². The first-order chi connectivity index (χ1) is 8.33. The van der Waals surface area contributed by atoms with Gasteiger partial charge >= 0.3 is 0 Å². The van der Waals surface area contributed by atoms with Crippen LogP contribution in [0.4, 0.5) is 5.69 Å². The van der Waals surface area contributed by atoms with Crippen LogP contribution in [0.15, 0.2) is 23.8 Å². The van der Waals surface area contributed by atoms with Crippen molar-refractivity contribution in [2.24, 2.45) is 5.73 Å². The van der Waals surface area contributed by atoms with Crippen LogP contribution in [0.1, 0.15) is 49.1 Å². The maximum absolute atomic E-state index is 6.36. The number of benzene rings is 1. The third-order valence-electron chi connectivity index (χ3n) is 4.42. The van der Waals surface area contributed by atoms with Gasteiger partial charge in [-0.3, -0.25) is 0 Å². The molecule has 1 heterocycles. The zero-order valence-electron chi connectivity index (χ0n) is 10.00. The van der Waals surface area contributed by atoms with Gasteiger partial charge in [-0.25, -0.2) is 0 Å². The van der Waals surface area contributed by atoms with Crippen LogP contribution >= 0.6 is 0 Å². The summed E-state index contributed by atoms with van der Waals surface area (Å²) in [7, 11) is 0. The summed E-state index contributed by atoms with van der Waals surface area (Å²) in [4.78, 5) is 0. The summed E-state index contributed by atoms with van der Waals surface area (Å²) in [5.74, 6) is 0.805. The number of rotatable bonds is 1. The lowest BCUT2D eigenvalue weighted by Crippen LogP contribution is -2.25. The second-order valence-corrected chi connectivity index (χ2v) is 5.61. The molecule has 3 N–H and O–H groups in total. The molecule has 1 aliphatic heterocycles. The summed E-state index contributed by atoms with van der Waals surface area (Å²) in [5, 5.41) is 3.64. The molecule has 2 fully saturated rings. The van der Waals surface area contributed by atoms with E-state index in [1.165, 1.54) is 54.5 Å². The minimum atomic E-state index is 0.509. The lowest BCUT2D eigenvalue weighted by molar-refractivity contribution is 0.811. The zero-order chi connectivity index (χ0) is 11.4. The molecule has 1 unspecified atom stereocenters. The Morgan fingerprint density at radius 3 is 2.88 bits per heavy atom. The standard InChI is InChI=1S/C15H18N2/c16-15-11-2-1-3-13(11)17-14-7-6-10(8-12(14)15)9-4-5-9/h6-9,13,17H,1-5,16H2. The van der Waals surface area contributed by atoms with Crippen LogP contribution in [0.3, 0.4) is 0 Å². The minimum Gasteiger partial charge on any atom is -0.398 e. The van der Waals surface area contributed by atoms with E-state index >= 15 is 0 Å². The summed E-state index contributed by atoms with van der Waals surface area (Å²) >= 11 is 0. The Hall–Kier alpha value is -1.44. The molecule has 2 nitrogen and oxygen atoms in total. The van der Waals surface area contributed by atoms with E-state index in [1.807, 2.05) is 0 Å². The number of nitrogens with one attached hydrogen (secondary N) is 1. The number of fused-ring (bicyclic) bond motifs is 2. The highest BCUT2D eigenvalue weighted by molar-refractivity contribution is 5.81. The van der Waals surface area contributed by atoms with E-state index in [9.17, 15) is 0 Å². The Morgan fingerprint density at radius 1 is 1.18 bits per heavy atom. The molecular formula is C15H18N2. The van der Waals surface area contributed by atoms with Crippen LogP contribution in [0.25, 0.3) is 5.70 Å². The molecule has 1 aromatic carbocycles. The fourth-order valence-electron chi connectivity index (χ4n) is 3.27. The molecule has 0 spiro atoms. The van der Waals surface area contributed by atoms with Crippen molar-refractivity contribution in [1.82, 2.24) is 0 Å². The first-order valence-electron chi connectivity index (χ1n) is 6.72. The number of anilines is 1. The number of nitrogens with two attached hydrogens (primary N) is 1. The monoisotopic (exact) mass is 226 g/mol. The fourth-order valence-corrected chi connectivity index (χ4v) is 3.27. The molecular weight excluding hydrogens is 208 g/mol. The van der Waals surface area contributed by atoms with Gasteiger partial charge in [0.15, 0.2) is 0 Å². The smallest absolute Gasteiger partial charge is 0.0497 e. The molecule has 0 aromatic heterocycles. The van der Waals surface area contributed by atoms with Crippen LogP contribution in [0.2, 0.25) is 0 Å². The summed E-state index contributed by atoms with van der Waals surface area (Å²) in [6, 6.07) is 7.33. The predicted octanol–water partition coefficient (Wildman–Crippen LogP) is 3.21. The Bertz CT molecular complexity index is 512. The minimum absolute atomic E-state index is 0.509. The average Bonchev–Trinajstić information content (AvgIpc) is 3.08. The molecule has 1 atom stereocenters. The molecule has 3 aliphatic rings. The maximum atomic E-state index is 6.36. The molecule has 0 saturated heterocycles. The largest absolute Gasteiger partial charge is 0.398 e. The second kappa shape index (κ2) is 3.28. The highest BCUT2D eigenvalue weighted by atomic mass is 15.0. The Kier molecular flexibility index (Phi) is 1.85. The highest BCUT2D eigenvalue weighted by Gasteiger charge is 2.30. The maximum Gasteiger partial charge on any atom is 0.0497 e. The molecule has 0 bridgehead atoms. The van der Waals surface area contributed by atoms with Crippen molar-refractivity contribution in [3.8, 4) is 0 Å². The van der Waals surface area contributed by atoms with Crippen molar-refractivity contribution in [2.45, 2.75) is 44.1 Å². The van der Waals surface area contributed by atoms with E-state index in [4.69, 9.17) is 5.73 Å². The number of hydrogen-bond donors (Lipinski definition) is 2. The van der Waals surface area contributed by atoms with E-state index in [0.717, 1.165) is 11.6 Å². The highest BCUT2D eigenvalue weighted by Crippen LogP contribution is 2.44. The van der Waals surface area contributed by atoms with Gasteiger partial charge in [0.25, 0.3) is 0 Å². The van der Waals surface area contributed by atoms with E-state index in [2.05, 4.69) is 23.5 Å². The van der Waals surface area contributed by atoms with E-state index in [1.54, 1.807) is 0 Å². The molecule has 88 valence electrons. The van der Waals surface area contributed by atoms with E-state index in [0.29, 0.717) is 6.04 Å². The summed E-state index contributed by atoms with van der Waals surface area (Å²) in [6.45, 7) is 0. The van der Waals surface area contributed by atoms with Gasteiger partial charge in [-0.2, -0.15) is 0 Å². The molecule has 1 aromatic rings. The Labute approximate surface area is 102 Å². The van der Waals surface area contributed by atoms with Crippen molar-refractivity contribution < 1.29 is 0 Å². The van der Waals surface area contributed by atoms with Gasteiger partial charge in [0.2, 0.25) is 0 Å². The van der Waals surface area contributed by atoms with Crippen molar-refractivity contribution >= 4 is 11.4 Å². The summed E-state index contributed by atoms with van der Waals surface area (Å²) in [5.41, 5.74) is 12.8. The van der Waals surface area contributed by atoms with Crippen molar-refractivity contribution in [3.63, 3.8) is 0 Å². The molecule has 2 aliphatic carbocycles. The quantitative estimate of drug-likeness (QED) is 0.771. The normalized spacial score (nSPS) is 26.5. The van der Waals surface area contributed by atoms with Crippen molar-refractivity contribution in [2.75, 3.05) is 5.32 Å². The first kappa shape index (κ1) is 9.58. The summed E-state index contributed by atoms with van der Waals surface area (Å²) < 4.78 is 0. The van der Waals surface area contributed by atoms with Crippen LogP contribution in [-0.2, 0) is 0 Å². The molecule has 17 heavy (non-hydrogen) atoms. The fraction of sp³-hybridized carbons (Fsp3) is 0.467. The van der Waals surface area contributed by atoms with E-state index in [-0.39, 0.29) is 0 Å². The van der Waals surface area contributed by atoms with Crippen molar-refractivity contribution in [3.05, 3.63) is 34.9 Å². The van der Waals surface area contributed by atoms with Gasteiger partial charge in [-0.15, -0.1) is 0 Å². The molecule has 4 rings (SSSR count). The second-order valence-electron chi connectivity index (χ2n) is 5.61. The van der Waals surface area contributed by atoms with Gasteiger partial charge in [-0.1, -0.05) is 6.07 Å². The van der Waals surface area contributed by atoms with Gasteiger partial charge in [-0.05, 0) is 61.3 Å². The summed E-state index contributed by atoms with van der Waals surface area (Å²) in [6.07, 6.45) is 6.39. The molecule has 2 saturated carbocycles.